The van der Waals surface area contributed by atoms with Crippen LogP contribution in [-0.2, 0) is 19.1 Å². The molecule has 0 aromatic heterocycles. The van der Waals surface area contributed by atoms with Crippen molar-refractivity contribution in [3.8, 4) is 0 Å². The summed E-state index contributed by atoms with van der Waals surface area (Å²) in [5.74, 6) is -1.34. The number of carbonyl (C=O) groups is 1. The van der Waals surface area contributed by atoms with Gasteiger partial charge in [-0.15, -0.1) is 0 Å². The van der Waals surface area contributed by atoms with Crippen molar-refractivity contribution in [1.29, 1.82) is 0 Å². The number of hydrogen-bond acceptors (Lipinski definition) is 5. The first-order chi connectivity index (χ1) is 11.9. The topological polar surface area (TPSA) is 80.7 Å². The molecule has 1 unspecified atom stereocenters. The molecular weight excluding hydrogens is 340 g/mol. The van der Waals surface area contributed by atoms with Gasteiger partial charge in [-0.1, -0.05) is 84.1 Å². The van der Waals surface area contributed by atoms with Crippen molar-refractivity contribution in [2.75, 3.05) is 5.75 Å². The standard InChI is InChI=1S/C19H36O5S/c1-3-5-6-7-8-9-10-11-12-13-14-15-18(20)16-17-25(22,23)24-19(21)4-2/h4,18,20H,2-3,5-17H2,1H3. The lowest BCUT2D eigenvalue weighted by Crippen LogP contribution is -2.19. The molecular formula is C19H36O5S. The summed E-state index contributed by atoms with van der Waals surface area (Å²) in [6.07, 6.45) is 14.4. The lowest BCUT2D eigenvalue weighted by Gasteiger charge is -2.10. The van der Waals surface area contributed by atoms with E-state index >= 15 is 0 Å². The molecule has 0 rings (SSSR count). The third kappa shape index (κ3) is 16.3. The molecule has 0 saturated heterocycles. The predicted molar refractivity (Wildman–Crippen MR) is 102 cm³/mol. The molecule has 0 fully saturated rings. The molecule has 0 aromatic rings. The lowest BCUT2D eigenvalue weighted by molar-refractivity contribution is -0.128. The molecule has 0 amide bonds. The highest BCUT2D eigenvalue weighted by Gasteiger charge is 2.17. The summed E-state index contributed by atoms with van der Waals surface area (Å²) in [4.78, 5) is 10.9. The molecule has 0 spiro atoms. The van der Waals surface area contributed by atoms with E-state index < -0.39 is 22.2 Å². The summed E-state index contributed by atoms with van der Waals surface area (Å²) < 4.78 is 27.2. The van der Waals surface area contributed by atoms with Crippen molar-refractivity contribution >= 4 is 16.1 Å². The molecule has 0 aliphatic heterocycles. The number of carbonyl (C=O) groups excluding carboxylic acids is 1. The van der Waals surface area contributed by atoms with E-state index in [-0.39, 0.29) is 12.2 Å². The zero-order chi connectivity index (χ0) is 19.0. The molecule has 0 aromatic carbocycles. The van der Waals surface area contributed by atoms with Crippen molar-refractivity contribution in [1.82, 2.24) is 0 Å². The fourth-order valence-electron chi connectivity index (χ4n) is 2.67. The lowest BCUT2D eigenvalue weighted by atomic mass is 10.0. The minimum Gasteiger partial charge on any atom is -0.393 e. The number of hydrogen-bond donors (Lipinski definition) is 1. The number of rotatable bonds is 17. The molecule has 0 bridgehead atoms. The third-order valence-electron chi connectivity index (χ3n) is 4.22. The maximum Gasteiger partial charge on any atom is 0.345 e. The van der Waals surface area contributed by atoms with E-state index in [1.165, 1.54) is 51.4 Å². The summed E-state index contributed by atoms with van der Waals surface area (Å²) in [7, 11) is -3.92. The Balaban J connectivity index is 3.51. The van der Waals surface area contributed by atoms with E-state index in [0.29, 0.717) is 6.42 Å². The normalized spacial score (nSPS) is 12.7. The highest BCUT2D eigenvalue weighted by atomic mass is 32.2. The van der Waals surface area contributed by atoms with Crippen LogP contribution in [0.15, 0.2) is 12.7 Å². The Bertz CT molecular complexity index is 445. The second-order valence-corrected chi connectivity index (χ2v) is 8.33. The monoisotopic (exact) mass is 376 g/mol. The molecule has 5 nitrogen and oxygen atoms in total. The molecule has 0 radical (unpaired) electrons. The molecule has 1 atom stereocenters. The Morgan fingerprint density at radius 1 is 0.960 bits per heavy atom. The number of aliphatic hydroxyl groups excluding tert-OH is 1. The van der Waals surface area contributed by atoms with Gasteiger partial charge in [-0.2, -0.15) is 8.42 Å². The first-order valence-electron chi connectivity index (χ1n) is 9.68. The Labute approximate surface area is 154 Å². The quantitative estimate of drug-likeness (QED) is 0.230. The second-order valence-electron chi connectivity index (χ2n) is 6.64. The predicted octanol–water partition coefficient (Wildman–Crippen LogP) is 4.50. The Morgan fingerprint density at radius 2 is 1.44 bits per heavy atom. The van der Waals surface area contributed by atoms with Gasteiger partial charge in [-0.3, -0.25) is 0 Å². The Kier molecular flexibility index (Phi) is 14.8. The van der Waals surface area contributed by atoms with Crippen molar-refractivity contribution in [3.63, 3.8) is 0 Å². The van der Waals surface area contributed by atoms with E-state index in [4.69, 9.17) is 0 Å². The van der Waals surface area contributed by atoms with E-state index in [2.05, 4.69) is 17.7 Å². The van der Waals surface area contributed by atoms with Crippen LogP contribution in [0.5, 0.6) is 0 Å². The van der Waals surface area contributed by atoms with E-state index in [0.717, 1.165) is 25.3 Å². The Hall–Kier alpha value is -0.880. The first-order valence-corrected chi connectivity index (χ1v) is 11.3. The van der Waals surface area contributed by atoms with E-state index in [9.17, 15) is 18.3 Å². The molecule has 25 heavy (non-hydrogen) atoms. The van der Waals surface area contributed by atoms with Gasteiger partial charge in [-0.25, -0.2) is 4.79 Å². The second kappa shape index (κ2) is 15.4. The van der Waals surface area contributed by atoms with Gasteiger partial charge in [0.2, 0.25) is 0 Å². The minimum absolute atomic E-state index is 0.0878. The molecule has 148 valence electrons. The van der Waals surface area contributed by atoms with Crippen LogP contribution < -0.4 is 0 Å². The average Bonchev–Trinajstić information content (AvgIpc) is 2.57. The van der Waals surface area contributed by atoms with Gasteiger partial charge in [-0.05, 0) is 12.8 Å². The largest absolute Gasteiger partial charge is 0.393 e. The van der Waals surface area contributed by atoms with Crippen LogP contribution in [0.1, 0.15) is 90.4 Å². The van der Waals surface area contributed by atoms with Crippen LogP contribution >= 0.6 is 0 Å². The zero-order valence-electron chi connectivity index (χ0n) is 15.7. The molecule has 1 N–H and O–H groups in total. The summed E-state index contributed by atoms with van der Waals surface area (Å²) in [6, 6.07) is 0. The average molecular weight is 377 g/mol. The third-order valence-corrected chi connectivity index (χ3v) is 5.37. The molecule has 6 heteroatoms. The van der Waals surface area contributed by atoms with Crippen LogP contribution in [0.25, 0.3) is 0 Å². The number of unbranched alkanes of at least 4 members (excludes halogenated alkanes) is 10. The van der Waals surface area contributed by atoms with Crippen LogP contribution in [0.4, 0.5) is 0 Å². The van der Waals surface area contributed by atoms with E-state index in [1.807, 2.05) is 0 Å². The van der Waals surface area contributed by atoms with Crippen LogP contribution in [-0.4, -0.2) is 31.4 Å². The summed E-state index contributed by atoms with van der Waals surface area (Å²) >= 11 is 0. The van der Waals surface area contributed by atoms with Crippen LogP contribution in [0.3, 0.4) is 0 Å². The van der Waals surface area contributed by atoms with Crippen molar-refractivity contribution in [2.45, 2.75) is 96.5 Å². The Morgan fingerprint density at radius 3 is 1.92 bits per heavy atom. The number of aliphatic hydroxyl groups is 1. The summed E-state index contributed by atoms with van der Waals surface area (Å²) in [5, 5.41) is 9.82. The summed E-state index contributed by atoms with van der Waals surface area (Å²) in [6.45, 7) is 5.37. The minimum atomic E-state index is -3.92. The molecule has 0 aliphatic rings. The van der Waals surface area contributed by atoms with Gasteiger partial charge in [0.1, 0.15) is 0 Å². The first kappa shape index (κ1) is 24.1. The van der Waals surface area contributed by atoms with Crippen LogP contribution in [0.2, 0.25) is 0 Å². The zero-order valence-corrected chi connectivity index (χ0v) is 16.6. The van der Waals surface area contributed by atoms with Gasteiger partial charge in [0.05, 0.1) is 11.9 Å². The maximum atomic E-state index is 11.5. The van der Waals surface area contributed by atoms with Crippen molar-refractivity contribution < 1.29 is 22.5 Å². The van der Waals surface area contributed by atoms with Crippen molar-refractivity contribution in [2.24, 2.45) is 0 Å². The van der Waals surface area contributed by atoms with Gasteiger partial charge in [0, 0.05) is 6.08 Å². The van der Waals surface area contributed by atoms with Gasteiger partial charge >= 0.3 is 16.1 Å². The van der Waals surface area contributed by atoms with Gasteiger partial charge in [0.25, 0.3) is 0 Å². The fourth-order valence-corrected chi connectivity index (χ4v) is 3.63. The molecule has 0 heterocycles. The van der Waals surface area contributed by atoms with Crippen molar-refractivity contribution in [3.05, 3.63) is 12.7 Å². The highest BCUT2D eigenvalue weighted by Crippen LogP contribution is 2.13. The smallest absolute Gasteiger partial charge is 0.345 e. The van der Waals surface area contributed by atoms with E-state index in [1.54, 1.807) is 0 Å². The van der Waals surface area contributed by atoms with Crippen LogP contribution in [0, 0.1) is 0 Å². The van der Waals surface area contributed by atoms with Gasteiger partial charge in [0.15, 0.2) is 0 Å². The molecule has 0 aliphatic carbocycles. The SMILES string of the molecule is C=CC(=O)OS(=O)(=O)CCC(O)CCCCCCCCCCCCC. The fraction of sp³-hybridized carbons (Fsp3) is 0.842. The molecule has 0 saturated carbocycles. The maximum absolute atomic E-state index is 11.5. The van der Waals surface area contributed by atoms with Gasteiger partial charge < -0.3 is 9.29 Å². The highest BCUT2D eigenvalue weighted by molar-refractivity contribution is 7.87. The summed E-state index contributed by atoms with van der Waals surface area (Å²) in [5.41, 5.74) is 0.